The summed E-state index contributed by atoms with van der Waals surface area (Å²) in [6.07, 6.45) is -0.583. The average Bonchev–Trinajstić information content (AvgIpc) is 2.85. The van der Waals surface area contributed by atoms with Crippen LogP contribution in [0.5, 0.6) is 0 Å². The highest BCUT2D eigenvalue weighted by Crippen LogP contribution is 2.28. The Morgan fingerprint density at radius 2 is 1.49 bits per heavy atom. The number of rotatable bonds is 8. The van der Waals surface area contributed by atoms with Crippen LogP contribution in [0.1, 0.15) is 48.4 Å². The van der Waals surface area contributed by atoms with E-state index in [2.05, 4.69) is 0 Å². The van der Waals surface area contributed by atoms with Crippen LogP contribution in [-0.4, -0.2) is 43.0 Å². The molecule has 1 atom stereocenters. The zero-order valence-electron chi connectivity index (χ0n) is 21.4. The molecule has 1 unspecified atom stereocenters. The average molecular weight is 510 g/mol. The number of benzene rings is 3. The molecule has 0 aliphatic heterocycles. The van der Waals surface area contributed by atoms with Gasteiger partial charge in [-0.1, -0.05) is 42.5 Å². The Morgan fingerprint density at radius 1 is 0.892 bits per heavy atom. The highest BCUT2D eigenvalue weighted by Gasteiger charge is 2.28. The van der Waals surface area contributed by atoms with E-state index in [1.54, 1.807) is 76.2 Å². The molecule has 0 fully saturated rings. The molecule has 0 bridgehead atoms. The summed E-state index contributed by atoms with van der Waals surface area (Å²) in [6.45, 7) is 6.13. The number of halogens is 2. The molecule has 6 nitrogen and oxygen atoms in total. The maximum absolute atomic E-state index is 14.5. The van der Waals surface area contributed by atoms with Crippen molar-refractivity contribution in [1.29, 1.82) is 0 Å². The summed E-state index contributed by atoms with van der Waals surface area (Å²) in [5.74, 6) is -4.00. The summed E-state index contributed by atoms with van der Waals surface area (Å²) >= 11 is 0. The van der Waals surface area contributed by atoms with Crippen molar-refractivity contribution in [3.05, 3.63) is 89.5 Å². The largest absolute Gasteiger partial charge is 0.459 e. The number of ketones is 1. The Bertz CT molecular complexity index is 1280. The van der Waals surface area contributed by atoms with E-state index in [9.17, 15) is 23.2 Å². The number of ether oxygens (including phenoxy) is 2. The van der Waals surface area contributed by atoms with E-state index in [1.807, 2.05) is 0 Å². The molecule has 0 saturated carbocycles. The third-order valence-corrected chi connectivity index (χ3v) is 5.51. The van der Waals surface area contributed by atoms with Gasteiger partial charge < -0.3 is 9.47 Å². The molecule has 0 aliphatic carbocycles. The molecule has 8 heteroatoms. The van der Waals surface area contributed by atoms with Crippen LogP contribution in [0.15, 0.2) is 66.7 Å². The molecule has 37 heavy (non-hydrogen) atoms. The summed E-state index contributed by atoms with van der Waals surface area (Å²) in [5, 5.41) is 0. The van der Waals surface area contributed by atoms with Crippen LogP contribution >= 0.6 is 0 Å². The molecule has 194 valence electrons. The number of amides is 1. The number of methoxy groups -OCH3 is 1. The van der Waals surface area contributed by atoms with Crippen molar-refractivity contribution in [2.24, 2.45) is 0 Å². The number of Topliss-reactive ketones (excluding diaryl/α,β-unsaturated/α-hetero) is 1. The van der Waals surface area contributed by atoms with Gasteiger partial charge in [0, 0.05) is 18.4 Å². The minimum atomic E-state index is -1.04. The SMILES string of the molecule is COC(C)C(=O)c1ccc(-c2cccc(N(CC(=O)OC(C)(C)C)C(=O)c3c(F)cccc3F)c2)cc1. The number of esters is 1. The van der Waals surface area contributed by atoms with Gasteiger partial charge in [-0.05, 0) is 63.1 Å². The first-order chi connectivity index (χ1) is 17.4. The van der Waals surface area contributed by atoms with Gasteiger partial charge in [0.2, 0.25) is 0 Å². The van der Waals surface area contributed by atoms with Crippen LogP contribution in [-0.2, 0) is 14.3 Å². The van der Waals surface area contributed by atoms with Crippen molar-refractivity contribution < 1.29 is 32.6 Å². The second-order valence-corrected chi connectivity index (χ2v) is 9.44. The van der Waals surface area contributed by atoms with Crippen molar-refractivity contribution in [3.8, 4) is 11.1 Å². The summed E-state index contributed by atoms with van der Waals surface area (Å²) in [6, 6.07) is 16.5. The molecule has 1 amide bonds. The molecule has 3 aromatic rings. The van der Waals surface area contributed by atoms with Gasteiger partial charge in [-0.15, -0.1) is 0 Å². The molecule has 3 aromatic carbocycles. The third-order valence-electron chi connectivity index (χ3n) is 5.51. The molecular formula is C29H29F2NO5. The smallest absolute Gasteiger partial charge is 0.326 e. The van der Waals surface area contributed by atoms with Crippen molar-refractivity contribution in [1.82, 2.24) is 0 Å². The molecule has 0 N–H and O–H groups in total. The first-order valence-corrected chi connectivity index (χ1v) is 11.7. The van der Waals surface area contributed by atoms with Crippen LogP contribution in [0.2, 0.25) is 0 Å². The Hall–Kier alpha value is -3.91. The van der Waals surface area contributed by atoms with Crippen molar-refractivity contribution in [2.45, 2.75) is 39.4 Å². The summed E-state index contributed by atoms with van der Waals surface area (Å²) in [7, 11) is 1.46. The highest BCUT2D eigenvalue weighted by atomic mass is 19.1. The van der Waals surface area contributed by atoms with Crippen LogP contribution in [0.4, 0.5) is 14.5 Å². The number of carbonyl (C=O) groups is 3. The number of hydrogen-bond donors (Lipinski definition) is 0. The molecule has 0 heterocycles. The van der Waals surface area contributed by atoms with Gasteiger partial charge in [0.1, 0.15) is 35.4 Å². The maximum Gasteiger partial charge on any atom is 0.326 e. The third kappa shape index (κ3) is 6.86. The van der Waals surface area contributed by atoms with E-state index >= 15 is 0 Å². The summed E-state index contributed by atoms with van der Waals surface area (Å²) in [4.78, 5) is 39.3. The zero-order valence-corrected chi connectivity index (χ0v) is 21.4. The van der Waals surface area contributed by atoms with Crippen LogP contribution in [0, 0.1) is 11.6 Å². The van der Waals surface area contributed by atoms with Crippen LogP contribution in [0.25, 0.3) is 11.1 Å². The lowest BCUT2D eigenvalue weighted by molar-refractivity contribution is -0.152. The van der Waals surface area contributed by atoms with Gasteiger partial charge in [-0.2, -0.15) is 0 Å². The first-order valence-electron chi connectivity index (χ1n) is 11.7. The predicted molar refractivity (Wildman–Crippen MR) is 137 cm³/mol. The predicted octanol–water partition coefficient (Wildman–Crippen LogP) is 5.84. The molecule has 0 radical (unpaired) electrons. The first kappa shape index (κ1) is 27.7. The summed E-state index contributed by atoms with van der Waals surface area (Å²) < 4.78 is 39.4. The zero-order chi connectivity index (χ0) is 27.3. The second-order valence-electron chi connectivity index (χ2n) is 9.44. The van der Waals surface area contributed by atoms with Crippen molar-refractivity contribution in [2.75, 3.05) is 18.6 Å². The van der Waals surface area contributed by atoms with E-state index in [-0.39, 0.29) is 11.5 Å². The van der Waals surface area contributed by atoms with E-state index in [1.165, 1.54) is 7.11 Å². The quantitative estimate of drug-likeness (QED) is 0.282. The molecule has 3 rings (SSSR count). The molecule has 0 aliphatic rings. The Morgan fingerprint density at radius 3 is 2.05 bits per heavy atom. The molecule has 0 spiro atoms. The fraction of sp³-hybridized carbons (Fsp3) is 0.276. The second kappa shape index (κ2) is 11.4. The molecular weight excluding hydrogens is 480 g/mol. The minimum absolute atomic E-state index is 0.163. The van der Waals surface area contributed by atoms with Gasteiger partial charge in [0.15, 0.2) is 5.78 Å². The van der Waals surface area contributed by atoms with Crippen LogP contribution < -0.4 is 4.90 Å². The van der Waals surface area contributed by atoms with E-state index < -0.39 is 47.3 Å². The van der Waals surface area contributed by atoms with Gasteiger partial charge in [0.25, 0.3) is 5.91 Å². The maximum atomic E-state index is 14.5. The highest BCUT2D eigenvalue weighted by molar-refractivity contribution is 6.09. The van der Waals surface area contributed by atoms with Crippen molar-refractivity contribution in [3.63, 3.8) is 0 Å². The van der Waals surface area contributed by atoms with Gasteiger partial charge in [-0.25, -0.2) is 8.78 Å². The normalized spacial score (nSPS) is 12.1. The number of hydrogen-bond acceptors (Lipinski definition) is 5. The topological polar surface area (TPSA) is 72.9 Å². The van der Waals surface area contributed by atoms with E-state index in [4.69, 9.17) is 9.47 Å². The number of carbonyl (C=O) groups excluding carboxylic acids is 3. The lowest BCUT2D eigenvalue weighted by Crippen LogP contribution is -2.39. The standard InChI is InChI=1S/C29H29F2NO5/c1-18(36-5)27(34)20-14-12-19(13-15-20)21-8-6-9-22(16-21)32(17-25(33)37-29(2,3)4)28(35)26-23(30)10-7-11-24(26)31/h6-16,18H,17H2,1-5H3. The lowest BCUT2D eigenvalue weighted by atomic mass is 10.0. The van der Waals surface area contributed by atoms with Gasteiger partial charge in [0.05, 0.1) is 0 Å². The fourth-order valence-corrected chi connectivity index (χ4v) is 3.64. The van der Waals surface area contributed by atoms with E-state index in [0.29, 0.717) is 11.1 Å². The summed E-state index contributed by atoms with van der Waals surface area (Å²) in [5.41, 5.74) is 0.510. The van der Waals surface area contributed by atoms with Gasteiger partial charge in [-0.3, -0.25) is 19.3 Å². The molecule has 0 aromatic heterocycles. The molecule has 0 saturated heterocycles. The Balaban J connectivity index is 2.00. The van der Waals surface area contributed by atoms with E-state index in [0.717, 1.165) is 28.7 Å². The van der Waals surface area contributed by atoms with Crippen molar-refractivity contribution >= 4 is 23.3 Å². The Labute approximate surface area is 214 Å². The Kier molecular flexibility index (Phi) is 8.55. The van der Waals surface area contributed by atoms with Crippen LogP contribution in [0.3, 0.4) is 0 Å². The fourth-order valence-electron chi connectivity index (χ4n) is 3.64. The monoisotopic (exact) mass is 509 g/mol. The minimum Gasteiger partial charge on any atom is -0.459 e. The lowest BCUT2D eigenvalue weighted by Gasteiger charge is -2.26. The van der Waals surface area contributed by atoms with Gasteiger partial charge >= 0.3 is 5.97 Å². The number of anilines is 1. The number of nitrogens with zero attached hydrogens (tertiary/aromatic N) is 1.